The standard InChI is InChI=1S/C10H10N2O4/c1-16-10(13)6-7-11-8-2-4-9(5-3-8)12(14)15/h2-7,11H,1H3/b7-6-. The van der Waals surface area contributed by atoms with Gasteiger partial charge in [0.05, 0.1) is 12.0 Å². The molecule has 1 aromatic carbocycles. The van der Waals surface area contributed by atoms with E-state index in [0.29, 0.717) is 5.69 Å². The summed E-state index contributed by atoms with van der Waals surface area (Å²) in [6.45, 7) is 0. The Morgan fingerprint density at radius 1 is 1.44 bits per heavy atom. The highest BCUT2D eigenvalue weighted by Gasteiger charge is 2.02. The van der Waals surface area contributed by atoms with Crippen LogP contribution in [0.1, 0.15) is 0 Å². The fourth-order valence-corrected chi connectivity index (χ4v) is 0.953. The number of methoxy groups -OCH3 is 1. The Morgan fingerprint density at radius 3 is 2.56 bits per heavy atom. The molecule has 0 heterocycles. The number of ether oxygens (including phenoxy) is 1. The molecule has 0 unspecified atom stereocenters. The van der Waals surface area contributed by atoms with Crippen LogP contribution in [0.15, 0.2) is 36.5 Å². The summed E-state index contributed by atoms with van der Waals surface area (Å²) in [5, 5.41) is 13.1. The van der Waals surface area contributed by atoms with Crippen molar-refractivity contribution in [2.75, 3.05) is 12.4 Å². The summed E-state index contributed by atoms with van der Waals surface area (Å²) in [6, 6.07) is 5.82. The smallest absolute Gasteiger partial charge is 0.331 e. The first kappa shape index (κ1) is 11.7. The molecule has 0 aliphatic rings. The number of non-ortho nitro benzene ring substituents is 1. The van der Waals surface area contributed by atoms with Gasteiger partial charge in [-0.1, -0.05) is 0 Å². The zero-order chi connectivity index (χ0) is 12.0. The third-order valence-corrected chi connectivity index (χ3v) is 1.75. The van der Waals surface area contributed by atoms with E-state index in [1.165, 1.54) is 31.5 Å². The highest BCUT2D eigenvalue weighted by atomic mass is 16.6. The molecule has 0 atom stereocenters. The van der Waals surface area contributed by atoms with Gasteiger partial charge in [-0.05, 0) is 12.1 Å². The average Bonchev–Trinajstić information content (AvgIpc) is 2.29. The van der Waals surface area contributed by atoms with Crippen LogP contribution in [0.3, 0.4) is 0 Å². The van der Waals surface area contributed by atoms with E-state index in [4.69, 9.17) is 0 Å². The zero-order valence-electron chi connectivity index (χ0n) is 8.54. The third kappa shape index (κ3) is 3.41. The number of hydrogen-bond donors (Lipinski definition) is 1. The number of nitrogens with one attached hydrogen (secondary N) is 1. The SMILES string of the molecule is COC(=O)/C=C\Nc1ccc([N+](=O)[O-])cc1. The molecule has 0 saturated carbocycles. The Bertz CT molecular complexity index is 411. The number of nitrogens with zero attached hydrogens (tertiary/aromatic N) is 1. The molecule has 0 aliphatic carbocycles. The van der Waals surface area contributed by atoms with E-state index in [0.717, 1.165) is 0 Å². The van der Waals surface area contributed by atoms with Crippen LogP contribution in [-0.2, 0) is 9.53 Å². The second-order valence-electron chi connectivity index (χ2n) is 2.80. The van der Waals surface area contributed by atoms with E-state index in [-0.39, 0.29) is 5.69 Å². The van der Waals surface area contributed by atoms with Gasteiger partial charge in [0.1, 0.15) is 0 Å². The van der Waals surface area contributed by atoms with E-state index in [1.54, 1.807) is 12.1 Å². The number of hydrogen-bond acceptors (Lipinski definition) is 5. The predicted molar refractivity (Wildman–Crippen MR) is 57.9 cm³/mol. The Balaban J connectivity index is 2.59. The molecule has 0 amide bonds. The van der Waals surface area contributed by atoms with Crippen LogP contribution in [0.4, 0.5) is 11.4 Å². The first-order chi connectivity index (χ1) is 7.63. The van der Waals surface area contributed by atoms with Crippen molar-refractivity contribution < 1.29 is 14.5 Å². The molecule has 0 saturated heterocycles. The average molecular weight is 222 g/mol. The molecule has 1 rings (SSSR count). The van der Waals surface area contributed by atoms with E-state index in [2.05, 4.69) is 10.1 Å². The first-order valence-corrected chi connectivity index (χ1v) is 4.39. The summed E-state index contributed by atoms with van der Waals surface area (Å²) < 4.78 is 4.38. The van der Waals surface area contributed by atoms with Crippen LogP contribution < -0.4 is 5.32 Å². The summed E-state index contributed by atoms with van der Waals surface area (Å²) in [7, 11) is 1.28. The quantitative estimate of drug-likeness (QED) is 0.363. The largest absolute Gasteiger partial charge is 0.466 e. The molecule has 0 radical (unpaired) electrons. The van der Waals surface area contributed by atoms with Crippen LogP contribution in [0.5, 0.6) is 0 Å². The Morgan fingerprint density at radius 2 is 2.06 bits per heavy atom. The molecule has 16 heavy (non-hydrogen) atoms. The molecule has 1 aromatic rings. The van der Waals surface area contributed by atoms with Gasteiger partial charge in [-0.2, -0.15) is 0 Å². The van der Waals surface area contributed by atoms with Crippen molar-refractivity contribution in [3.8, 4) is 0 Å². The lowest BCUT2D eigenvalue weighted by Gasteiger charge is -1.99. The Hall–Kier alpha value is -2.37. The first-order valence-electron chi connectivity index (χ1n) is 4.39. The minimum absolute atomic E-state index is 0.0162. The topological polar surface area (TPSA) is 81.5 Å². The van der Waals surface area contributed by atoms with Crippen LogP contribution in [-0.4, -0.2) is 18.0 Å². The maximum absolute atomic E-state index is 10.7. The number of carbonyl (C=O) groups excluding carboxylic acids is 1. The normalized spacial score (nSPS) is 10.1. The van der Waals surface area contributed by atoms with E-state index in [1.807, 2.05) is 0 Å². The summed E-state index contributed by atoms with van der Waals surface area (Å²) >= 11 is 0. The molecule has 6 nitrogen and oxygen atoms in total. The highest BCUT2D eigenvalue weighted by Crippen LogP contribution is 2.15. The Labute approximate surface area is 91.7 Å². The summed E-state index contributed by atoms with van der Waals surface area (Å²) in [5.74, 6) is -0.477. The predicted octanol–water partition coefficient (Wildman–Crippen LogP) is 1.69. The number of nitro groups is 1. The Kier molecular flexibility index (Phi) is 4.02. The second kappa shape index (κ2) is 5.50. The molecular weight excluding hydrogens is 212 g/mol. The van der Waals surface area contributed by atoms with Gasteiger partial charge < -0.3 is 10.1 Å². The van der Waals surface area contributed by atoms with Gasteiger partial charge in [-0.25, -0.2) is 4.79 Å². The molecular formula is C10H10N2O4. The molecule has 1 N–H and O–H groups in total. The lowest BCUT2D eigenvalue weighted by atomic mass is 10.3. The number of benzene rings is 1. The van der Waals surface area contributed by atoms with E-state index >= 15 is 0 Å². The number of rotatable bonds is 4. The van der Waals surface area contributed by atoms with Crippen LogP contribution >= 0.6 is 0 Å². The minimum atomic E-state index is -0.478. The highest BCUT2D eigenvalue weighted by molar-refractivity contribution is 5.82. The number of nitro benzene ring substituents is 1. The van der Waals surface area contributed by atoms with Gasteiger partial charge >= 0.3 is 5.97 Å². The summed E-state index contributed by atoms with van der Waals surface area (Å²) in [6.07, 6.45) is 2.61. The molecule has 0 fully saturated rings. The number of carbonyl (C=O) groups is 1. The lowest BCUT2D eigenvalue weighted by Crippen LogP contribution is -1.96. The van der Waals surface area contributed by atoms with E-state index in [9.17, 15) is 14.9 Å². The lowest BCUT2D eigenvalue weighted by molar-refractivity contribution is -0.384. The third-order valence-electron chi connectivity index (χ3n) is 1.75. The molecule has 0 aliphatic heterocycles. The van der Waals surface area contributed by atoms with Crippen molar-refractivity contribution in [3.05, 3.63) is 46.7 Å². The number of anilines is 1. The fraction of sp³-hybridized carbons (Fsp3) is 0.100. The van der Waals surface area contributed by atoms with Crippen molar-refractivity contribution >= 4 is 17.3 Å². The summed E-state index contributed by atoms with van der Waals surface area (Å²) in [5.41, 5.74) is 0.660. The van der Waals surface area contributed by atoms with Crippen molar-refractivity contribution in [3.63, 3.8) is 0 Å². The van der Waals surface area contributed by atoms with Crippen molar-refractivity contribution in [1.29, 1.82) is 0 Å². The fourth-order valence-electron chi connectivity index (χ4n) is 0.953. The maximum atomic E-state index is 10.7. The molecule has 0 spiro atoms. The van der Waals surface area contributed by atoms with Crippen LogP contribution in [0.2, 0.25) is 0 Å². The molecule has 84 valence electrons. The van der Waals surface area contributed by atoms with Gasteiger partial charge in [0.25, 0.3) is 5.69 Å². The summed E-state index contributed by atoms with van der Waals surface area (Å²) in [4.78, 5) is 20.6. The monoisotopic (exact) mass is 222 g/mol. The molecule has 0 aromatic heterocycles. The molecule has 6 heteroatoms. The van der Waals surface area contributed by atoms with Gasteiger partial charge in [0.15, 0.2) is 0 Å². The maximum Gasteiger partial charge on any atom is 0.331 e. The van der Waals surface area contributed by atoms with Crippen molar-refractivity contribution in [2.45, 2.75) is 0 Å². The van der Waals surface area contributed by atoms with Crippen LogP contribution in [0.25, 0.3) is 0 Å². The van der Waals surface area contributed by atoms with Gasteiger partial charge in [-0.3, -0.25) is 10.1 Å². The molecule has 0 bridgehead atoms. The minimum Gasteiger partial charge on any atom is -0.466 e. The van der Waals surface area contributed by atoms with Crippen LogP contribution in [0, 0.1) is 10.1 Å². The van der Waals surface area contributed by atoms with Gasteiger partial charge in [0, 0.05) is 30.1 Å². The zero-order valence-corrected chi connectivity index (χ0v) is 8.54. The van der Waals surface area contributed by atoms with Crippen molar-refractivity contribution in [1.82, 2.24) is 0 Å². The number of esters is 1. The second-order valence-corrected chi connectivity index (χ2v) is 2.80. The van der Waals surface area contributed by atoms with Gasteiger partial charge in [0.2, 0.25) is 0 Å². The van der Waals surface area contributed by atoms with Gasteiger partial charge in [-0.15, -0.1) is 0 Å². The van der Waals surface area contributed by atoms with E-state index < -0.39 is 10.9 Å². The van der Waals surface area contributed by atoms with Crippen molar-refractivity contribution in [2.24, 2.45) is 0 Å².